The van der Waals surface area contributed by atoms with Crippen LogP contribution in [-0.4, -0.2) is 9.55 Å². The van der Waals surface area contributed by atoms with Gasteiger partial charge in [0.1, 0.15) is 0 Å². The first kappa shape index (κ1) is 11.1. The van der Waals surface area contributed by atoms with Crippen LogP contribution in [0.4, 0.5) is 0 Å². The van der Waals surface area contributed by atoms with E-state index in [2.05, 4.69) is 20.9 Å². The van der Waals surface area contributed by atoms with Crippen molar-refractivity contribution in [3.8, 4) is 0 Å². The van der Waals surface area contributed by atoms with Crippen molar-refractivity contribution in [1.29, 1.82) is 0 Å². The maximum atomic E-state index is 11.4. The summed E-state index contributed by atoms with van der Waals surface area (Å²) in [4.78, 5) is 15.1. The van der Waals surface area contributed by atoms with E-state index in [4.69, 9.17) is 0 Å². The van der Waals surface area contributed by atoms with Crippen LogP contribution in [0.15, 0.2) is 52.0 Å². The van der Waals surface area contributed by atoms with Crippen molar-refractivity contribution in [3.63, 3.8) is 0 Å². The molecule has 0 radical (unpaired) electrons. The van der Waals surface area contributed by atoms with E-state index in [-0.39, 0.29) is 5.69 Å². The Morgan fingerprint density at radius 2 is 2.06 bits per heavy atom. The molecule has 3 nitrogen and oxygen atoms in total. The number of hydrogen-bond acceptors (Lipinski definition) is 2. The van der Waals surface area contributed by atoms with Gasteiger partial charge < -0.3 is 0 Å². The lowest BCUT2D eigenvalue weighted by Gasteiger charge is -2.05. The third-order valence-electron chi connectivity index (χ3n) is 2.36. The van der Waals surface area contributed by atoms with Gasteiger partial charge in [-0.1, -0.05) is 34.1 Å². The number of nitrogens with zero attached hydrogens (tertiary/aromatic N) is 2. The molecule has 0 spiro atoms. The number of aryl methyl sites for hydroxylation is 2. The maximum Gasteiger partial charge on any atom is 0.347 e. The second kappa shape index (κ2) is 5.07. The number of hydrogen-bond donors (Lipinski definition) is 0. The van der Waals surface area contributed by atoms with Crippen molar-refractivity contribution < 1.29 is 0 Å². The monoisotopic (exact) mass is 278 g/mol. The van der Waals surface area contributed by atoms with Gasteiger partial charge in [-0.05, 0) is 24.1 Å². The largest absolute Gasteiger partial charge is 0.347 e. The highest BCUT2D eigenvalue weighted by Gasteiger charge is 2.00. The molecule has 16 heavy (non-hydrogen) atoms. The second-order valence-corrected chi connectivity index (χ2v) is 4.29. The molecule has 0 saturated heterocycles. The van der Waals surface area contributed by atoms with Gasteiger partial charge in [0, 0.05) is 23.4 Å². The van der Waals surface area contributed by atoms with E-state index in [9.17, 15) is 4.79 Å². The highest BCUT2D eigenvalue weighted by atomic mass is 79.9. The molecule has 82 valence electrons. The summed E-state index contributed by atoms with van der Waals surface area (Å²) in [6.45, 7) is 0.648. The Morgan fingerprint density at radius 3 is 2.81 bits per heavy atom. The van der Waals surface area contributed by atoms with E-state index >= 15 is 0 Å². The fourth-order valence-corrected chi connectivity index (χ4v) is 1.98. The Hall–Kier alpha value is -1.42. The third-order valence-corrected chi connectivity index (χ3v) is 3.14. The van der Waals surface area contributed by atoms with Crippen molar-refractivity contribution >= 4 is 15.9 Å². The molecule has 0 saturated carbocycles. The molecular formula is C12H11BrN2O. The first-order valence-corrected chi connectivity index (χ1v) is 5.81. The third kappa shape index (κ3) is 2.58. The Morgan fingerprint density at radius 1 is 1.25 bits per heavy atom. The van der Waals surface area contributed by atoms with Crippen molar-refractivity contribution in [1.82, 2.24) is 9.55 Å². The highest BCUT2D eigenvalue weighted by Crippen LogP contribution is 2.16. The zero-order chi connectivity index (χ0) is 11.4. The molecule has 1 aromatic heterocycles. The van der Waals surface area contributed by atoms with E-state index < -0.39 is 0 Å². The topological polar surface area (TPSA) is 34.9 Å². The summed E-state index contributed by atoms with van der Waals surface area (Å²) in [5.74, 6) is 0. The number of halogens is 1. The summed E-state index contributed by atoms with van der Waals surface area (Å²) in [5.41, 5.74) is 0.993. The van der Waals surface area contributed by atoms with Crippen molar-refractivity contribution in [2.75, 3.05) is 0 Å². The van der Waals surface area contributed by atoms with Gasteiger partial charge in [-0.15, -0.1) is 0 Å². The van der Waals surface area contributed by atoms with E-state index in [0.29, 0.717) is 6.54 Å². The van der Waals surface area contributed by atoms with Gasteiger partial charge in [-0.2, -0.15) is 0 Å². The Kier molecular flexibility index (Phi) is 3.51. The quantitative estimate of drug-likeness (QED) is 0.863. The predicted octanol–water partition coefficient (Wildman–Crippen LogP) is 2.25. The first-order valence-electron chi connectivity index (χ1n) is 5.02. The summed E-state index contributed by atoms with van der Waals surface area (Å²) >= 11 is 3.49. The van der Waals surface area contributed by atoms with Gasteiger partial charge in [-0.3, -0.25) is 4.57 Å². The molecule has 2 aromatic rings. The minimum atomic E-state index is -0.199. The fraction of sp³-hybridized carbons (Fsp3) is 0.167. The molecule has 0 aliphatic rings. The average molecular weight is 279 g/mol. The first-order chi connectivity index (χ1) is 7.77. The maximum absolute atomic E-state index is 11.4. The summed E-state index contributed by atoms with van der Waals surface area (Å²) in [5, 5.41) is 0. The van der Waals surface area contributed by atoms with Crippen LogP contribution in [0.25, 0.3) is 0 Å². The van der Waals surface area contributed by atoms with E-state index in [1.54, 1.807) is 16.8 Å². The van der Waals surface area contributed by atoms with Crippen LogP contribution in [0.5, 0.6) is 0 Å². The molecule has 0 fully saturated rings. The molecule has 0 aliphatic heterocycles. The molecule has 0 aliphatic carbocycles. The fourth-order valence-electron chi connectivity index (χ4n) is 1.50. The van der Waals surface area contributed by atoms with Gasteiger partial charge in [0.15, 0.2) is 0 Å². The van der Waals surface area contributed by atoms with Crippen molar-refractivity contribution in [3.05, 3.63) is 63.2 Å². The number of benzene rings is 1. The van der Waals surface area contributed by atoms with Gasteiger partial charge in [0.25, 0.3) is 0 Å². The molecule has 0 unspecified atom stereocenters. The summed E-state index contributed by atoms with van der Waals surface area (Å²) in [6.07, 6.45) is 4.08. The lowest BCUT2D eigenvalue weighted by Crippen LogP contribution is -2.22. The highest BCUT2D eigenvalue weighted by molar-refractivity contribution is 9.10. The van der Waals surface area contributed by atoms with Crippen molar-refractivity contribution in [2.45, 2.75) is 13.0 Å². The van der Waals surface area contributed by atoms with Gasteiger partial charge in [0.2, 0.25) is 0 Å². The molecular weight excluding hydrogens is 268 g/mol. The zero-order valence-electron chi connectivity index (χ0n) is 8.64. The molecule has 4 heteroatoms. The van der Waals surface area contributed by atoms with Crippen LogP contribution >= 0.6 is 15.9 Å². The molecule has 1 heterocycles. The lowest BCUT2D eigenvalue weighted by molar-refractivity contribution is 0.648. The SMILES string of the molecule is O=c1ncccn1CCc1ccccc1Br. The second-order valence-electron chi connectivity index (χ2n) is 3.44. The van der Waals surface area contributed by atoms with Crippen LogP contribution in [0.3, 0.4) is 0 Å². The summed E-state index contributed by atoms with van der Waals surface area (Å²) < 4.78 is 2.69. The molecule has 0 atom stereocenters. The zero-order valence-corrected chi connectivity index (χ0v) is 10.2. The van der Waals surface area contributed by atoms with E-state index in [1.165, 1.54) is 11.8 Å². The Bertz CT molecular complexity index is 536. The van der Waals surface area contributed by atoms with Crippen LogP contribution in [0.1, 0.15) is 5.56 Å². The van der Waals surface area contributed by atoms with E-state index in [1.807, 2.05) is 24.3 Å². The lowest BCUT2D eigenvalue weighted by atomic mass is 10.1. The average Bonchev–Trinajstić information content (AvgIpc) is 2.30. The van der Waals surface area contributed by atoms with Gasteiger partial charge in [0.05, 0.1) is 0 Å². The summed E-state index contributed by atoms with van der Waals surface area (Å²) in [6, 6.07) is 9.78. The Balaban J connectivity index is 2.12. The van der Waals surface area contributed by atoms with Crippen LogP contribution < -0.4 is 5.69 Å². The van der Waals surface area contributed by atoms with Crippen LogP contribution in [0.2, 0.25) is 0 Å². The van der Waals surface area contributed by atoms with Crippen LogP contribution in [0, 0.1) is 0 Å². The van der Waals surface area contributed by atoms with Crippen molar-refractivity contribution in [2.24, 2.45) is 0 Å². The smallest absolute Gasteiger partial charge is 0.299 e. The molecule has 0 N–H and O–H groups in total. The van der Waals surface area contributed by atoms with E-state index in [0.717, 1.165) is 10.9 Å². The standard InChI is InChI=1S/C12H11BrN2O/c13-11-5-2-1-4-10(11)6-9-15-8-3-7-14-12(15)16/h1-5,7-8H,6,9H2. The molecule has 0 bridgehead atoms. The summed E-state index contributed by atoms with van der Waals surface area (Å²) in [7, 11) is 0. The number of rotatable bonds is 3. The minimum absolute atomic E-state index is 0.199. The predicted molar refractivity (Wildman–Crippen MR) is 66.3 cm³/mol. The molecule has 2 rings (SSSR count). The van der Waals surface area contributed by atoms with Gasteiger partial charge in [-0.25, -0.2) is 9.78 Å². The minimum Gasteiger partial charge on any atom is -0.299 e. The molecule has 1 aromatic carbocycles. The molecule has 0 amide bonds. The van der Waals surface area contributed by atoms with Crippen LogP contribution in [-0.2, 0) is 13.0 Å². The normalized spacial score (nSPS) is 10.3. The Labute approximate surface area is 102 Å². The number of aromatic nitrogens is 2. The van der Waals surface area contributed by atoms with Gasteiger partial charge >= 0.3 is 5.69 Å².